The van der Waals surface area contributed by atoms with Crippen molar-refractivity contribution in [1.29, 1.82) is 0 Å². The van der Waals surface area contributed by atoms with E-state index < -0.39 is 26.5 Å². The average molecular weight is 1390 g/mol. The zero-order valence-corrected chi connectivity index (χ0v) is 64.6. The molecule has 0 fully saturated rings. The second kappa shape index (κ2) is 82.3. The number of hydrogen-bond acceptors (Lipinski definition) is 8. The molecule has 0 aliphatic carbocycles. The Kier molecular flexibility index (Phi) is 78.5. The third-order valence-electron chi connectivity index (χ3n) is 17.1. The van der Waals surface area contributed by atoms with Crippen LogP contribution in [0, 0.1) is 0 Å². The highest BCUT2D eigenvalue weighted by Crippen LogP contribution is 2.43. The number of ether oxygens (including phenoxy) is 2. The van der Waals surface area contributed by atoms with Crippen LogP contribution >= 0.6 is 7.82 Å². The number of rotatable bonds is 75. The second-order valence-corrected chi connectivity index (χ2v) is 28.0. The quantitative estimate of drug-likeness (QED) is 0.0264. The van der Waals surface area contributed by atoms with E-state index in [1.165, 1.54) is 180 Å². The Morgan fingerprint density at radius 3 is 0.828 bits per heavy atom. The molecule has 0 heterocycles. The minimum Gasteiger partial charge on any atom is -0.462 e. The largest absolute Gasteiger partial charge is 0.472 e. The average Bonchev–Trinajstić information content (AvgIpc) is 1.19. The van der Waals surface area contributed by atoms with Crippen LogP contribution in [-0.4, -0.2) is 49.3 Å². The fourth-order valence-corrected chi connectivity index (χ4v) is 11.9. The minimum absolute atomic E-state index is 0.0451. The summed E-state index contributed by atoms with van der Waals surface area (Å²) in [6, 6.07) is 0. The molecule has 0 aliphatic rings. The molecule has 2 unspecified atom stereocenters. The van der Waals surface area contributed by atoms with Gasteiger partial charge in [0.1, 0.15) is 6.61 Å². The van der Waals surface area contributed by atoms with E-state index in [4.69, 9.17) is 24.3 Å². The van der Waals surface area contributed by atoms with Crippen molar-refractivity contribution in [2.75, 3.05) is 26.4 Å². The van der Waals surface area contributed by atoms with E-state index >= 15 is 0 Å². The molecule has 0 bridgehead atoms. The van der Waals surface area contributed by atoms with Crippen molar-refractivity contribution < 1.29 is 37.6 Å². The van der Waals surface area contributed by atoms with Crippen LogP contribution in [0.2, 0.25) is 0 Å². The molecule has 0 radical (unpaired) electrons. The van der Waals surface area contributed by atoms with Gasteiger partial charge in [-0.15, -0.1) is 0 Å². The first kappa shape index (κ1) is 94.4. The number of hydrogen-bond donors (Lipinski definition) is 2. The lowest BCUT2D eigenvalue weighted by atomic mass is 10.0. The van der Waals surface area contributed by atoms with Gasteiger partial charge in [0, 0.05) is 19.4 Å². The number of phosphoric ester groups is 1. The number of phosphoric acid groups is 1. The molecule has 0 aromatic rings. The van der Waals surface area contributed by atoms with Gasteiger partial charge in [0.25, 0.3) is 0 Å². The molecule has 2 atom stereocenters. The number of unbranched alkanes of at least 4 members (excludes halogenated alkanes) is 34. The van der Waals surface area contributed by atoms with E-state index in [1.807, 2.05) is 0 Å². The predicted octanol–water partition coefficient (Wildman–Crippen LogP) is 27.6. The Morgan fingerprint density at radius 1 is 0.313 bits per heavy atom. The van der Waals surface area contributed by atoms with Crippen molar-refractivity contribution in [3.63, 3.8) is 0 Å². The first-order chi connectivity index (χ1) is 48.8. The Bertz CT molecular complexity index is 2240. The SMILES string of the molecule is CC/C=C\C/C=C\C/C=C\C/C=C\C/C=C\C/C=C\C/C=C\C/C=C\C/C=C\C/C=C\C/C=C\CCCCCCCCCC(=O)OC(COC(=O)CCCCCCCCCCCCCCCCCCCCCCCC/C=C\C/C=C\C/C=C\CCCCCCC)COP(=O)(O)OCCN. The summed E-state index contributed by atoms with van der Waals surface area (Å²) in [7, 11) is -4.41. The molecule has 0 amide bonds. The van der Waals surface area contributed by atoms with Crippen LogP contribution in [0.15, 0.2) is 170 Å². The molecule has 0 saturated carbocycles. The highest BCUT2D eigenvalue weighted by Gasteiger charge is 2.26. The Labute approximate surface area is 610 Å². The topological polar surface area (TPSA) is 134 Å². The first-order valence-corrected chi connectivity index (χ1v) is 42.1. The summed E-state index contributed by atoms with van der Waals surface area (Å²) in [4.78, 5) is 35.5. The first-order valence-electron chi connectivity index (χ1n) is 40.6. The lowest BCUT2D eigenvalue weighted by Crippen LogP contribution is -2.29. The van der Waals surface area contributed by atoms with Crippen molar-refractivity contribution in [3.8, 4) is 0 Å². The van der Waals surface area contributed by atoms with Crippen LogP contribution in [0.4, 0.5) is 0 Å². The molecular weight excluding hydrogens is 1240 g/mol. The summed E-state index contributed by atoms with van der Waals surface area (Å²) in [6.07, 6.45) is 122. The lowest BCUT2D eigenvalue weighted by Gasteiger charge is -2.19. The predicted molar refractivity (Wildman–Crippen MR) is 431 cm³/mol. The maximum absolute atomic E-state index is 12.8. The van der Waals surface area contributed by atoms with Gasteiger partial charge in [-0.25, -0.2) is 4.57 Å². The highest BCUT2D eigenvalue weighted by atomic mass is 31.2. The Balaban J connectivity index is 3.90. The van der Waals surface area contributed by atoms with Gasteiger partial charge >= 0.3 is 19.8 Å². The fraction of sp³-hybridized carbons (Fsp3) is 0.663. The van der Waals surface area contributed by atoms with E-state index in [1.54, 1.807) is 0 Å². The van der Waals surface area contributed by atoms with Crippen molar-refractivity contribution in [3.05, 3.63) is 170 Å². The number of esters is 2. The molecule has 0 aliphatic heterocycles. The van der Waals surface area contributed by atoms with Crippen molar-refractivity contribution >= 4 is 19.8 Å². The maximum Gasteiger partial charge on any atom is 0.472 e. The van der Waals surface area contributed by atoms with E-state index in [0.29, 0.717) is 6.42 Å². The molecule has 0 spiro atoms. The van der Waals surface area contributed by atoms with Gasteiger partial charge in [-0.3, -0.25) is 18.6 Å². The summed E-state index contributed by atoms with van der Waals surface area (Å²) >= 11 is 0. The van der Waals surface area contributed by atoms with E-state index in [9.17, 15) is 19.0 Å². The molecule has 0 saturated heterocycles. The smallest absolute Gasteiger partial charge is 0.462 e. The standard InChI is InChI=1S/C89H150NO8P/c1-3-5-7-9-11-13-15-17-19-21-23-25-27-29-31-33-35-37-39-41-42-43-44-46-48-50-52-54-56-58-60-62-64-66-68-70-72-74-76-78-80-82-89(92)98-87(86-97-99(93,94)96-84-83-90)85-95-88(91)81-79-77-75-73-71-69-67-65-63-61-59-57-55-53-51-49-47-45-40-38-36-34-32-30-28-26-24-22-20-18-16-14-12-10-8-6-4-2/h5,7,11,13,16-19,22-25,28-31,35,37,41-42,44,46,50,52,56,58,62,64,87H,3-4,6,8-10,12,14-15,20-21,26-27,32-34,36,38-40,43,45,47-49,51,53-55,57,59-61,63,65-86,90H2,1-2H3,(H,93,94)/b7-5-,13-11-,18-16-,19-17-,24-22-,25-23-,30-28-,31-29-,37-35-,42-41-,46-44-,52-50-,58-56-,64-62-. The Hall–Kier alpha value is -4.63. The second-order valence-electron chi connectivity index (χ2n) is 26.6. The van der Waals surface area contributed by atoms with Gasteiger partial charge in [-0.2, -0.15) is 0 Å². The summed E-state index contributed by atoms with van der Waals surface area (Å²) < 4.78 is 33.3. The molecule has 9 nitrogen and oxygen atoms in total. The van der Waals surface area contributed by atoms with E-state index in [0.717, 1.165) is 135 Å². The van der Waals surface area contributed by atoms with Crippen molar-refractivity contribution in [1.82, 2.24) is 0 Å². The van der Waals surface area contributed by atoms with Gasteiger partial charge in [-0.05, 0) is 135 Å². The third kappa shape index (κ3) is 82.2. The molecule has 3 N–H and O–H groups in total. The van der Waals surface area contributed by atoms with Gasteiger partial charge in [0.15, 0.2) is 6.10 Å². The maximum atomic E-state index is 12.8. The molecule has 564 valence electrons. The molecule has 99 heavy (non-hydrogen) atoms. The highest BCUT2D eigenvalue weighted by molar-refractivity contribution is 7.47. The van der Waals surface area contributed by atoms with Crippen molar-refractivity contribution in [2.45, 2.75) is 354 Å². The molecule has 10 heteroatoms. The van der Waals surface area contributed by atoms with Crippen LogP contribution in [0.5, 0.6) is 0 Å². The molecule has 0 aromatic carbocycles. The van der Waals surface area contributed by atoms with Crippen LogP contribution in [-0.2, 0) is 32.7 Å². The van der Waals surface area contributed by atoms with Gasteiger partial charge < -0.3 is 20.1 Å². The number of allylic oxidation sites excluding steroid dienone is 28. The van der Waals surface area contributed by atoms with Crippen LogP contribution in [0.1, 0.15) is 348 Å². The van der Waals surface area contributed by atoms with Crippen LogP contribution in [0.3, 0.4) is 0 Å². The summed E-state index contributed by atoms with van der Waals surface area (Å²) in [6.45, 7) is 3.62. The normalized spacial score (nSPS) is 13.8. The number of nitrogens with two attached hydrogens (primary N) is 1. The lowest BCUT2D eigenvalue weighted by molar-refractivity contribution is -0.161. The molecule has 0 aromatic heterocycles. The zero-order valence-electron chi connectivity index (χ0n) is 63.7. The van der Waals surface area contributed by atoms with Gasteiger partial charge in [0.05, 0.1) is 13.2 Å². The minimum atomic E-state index is -4.41. The van der Waals surface area contributed by atoms with Gasteiger partial charge in [0.2, 0.25) is 0 Å². The summed E-state index contributed by atoms with van der Waals surface area (Å²) in [5.41, 5.74) is 5.41. The van der Waals surface area contributed by atoms with E-state index in [2.05, 4.69) is 184 Å². The fourth-order valence-electron chi connectivity index (χ4n) is 11.1. The third-order valence-corrected chi connectivity index (χ3v) is 18.1. The van der Waals surface area contributed by atoms with Crippen molar-refractivity contribution in [2.24, 2.45) is 5.73 Å². The molecular formula is C89H150NO8P. The summed E-state index contributed by atoms with van der Waals surface area (Å²) in [5.74, 6) is -0.838. The number of carbonyl (C=O) groups excluding carboxylic acids is 2. The van der Waals surface area contributed by atoms with Crippen LogP contribution < -0.4 is 5.73 Å². The number of carbonyl (C=O) groups is 2. The summed E-state index contributed by atoms with van der Waals surface area (Å²) in [5, 5.41) is 0. The monoisotopic (exact) mass is 1390 g/mol. The van der Waals surface area contributed by atoms with Crippen LogP contribution in [0.25, 0.3) is 0 Å². The zero-order chi connectivity index (χ0) is 71.5. The molecule has 0 rings (SSSR count). The van der Waals surface area contributed by atoms with Gasteiger partial charge in [-0.1, -0.05) is 370 Å². The van der Waals surface area contributed by atoms with E-state index in [-0.39, 0.29) is 38.6 Å². The Morgan fingerprint density at radius 2 is 0.556 bits per heavy atom.